The third-order valence-electron chi connectivity index (χ3n) is 6.26. The number of thiazole rings is 1. The predicted molar refractivity (Wildman–Crippen MR) is 126 cm³/mol. The first-order chi connectivity index (χ1) is 15.5. The molecule has 2 aromatic heterocycles. The van der Waals surface area contributed by atoms with E-state index in [0.717, 1.165) is 22.5 Å². The second-order valence-electron chi connectivity index (χ2n) is 8.19. The van der Waals surface area contributed by atoms with E-state index in [9.17, 15) is 9.59 Å². The van der Waals surface area contributed by atoms with E-state index < -0.39 is 0 Å². The summed E-state index contributed by atoms with van der Waals surface area (Å²) in [6, 6.07) is 14.0. The third kappa shape index (κ3) is 3.58. The van der Waals surface area contributed by atoms with Gasteiger partial charge in [0, 0.05) is 30.2 Å². The maximum absolute atomic E-state index is 13.4. The van der Waals surface area contributed by atoms with E-state index in [1.165, 1.54) is 22.5 Å². The molecule has 1 fully saturated rings. The van der Waals surface area contributed by atoms with Crippen LogP contribution in [0, 0.1) is 13.8 Å². The lowest BCUT2D eigenvalue weighted by Gasteiger charge is -2.41. The zero-order valence-electron chi connectivity index (χ0n) is 18.0. The van der Waals surface area contributed by atoms with Crippen LogP contribution < -0.4 is 5.32 Å². The summed E-state index contributed by atoms with van der Waals surface area (Å²) in [6.07, 6.45) is 4.30. The van der Waals surface area contributed by atoms with Gasteiger partial charge in [0.15, 0.2) is 4.96 Å². The fraction of sp³-hybridized carbons (Fsp3) is 0.240. The van der Waals surface area contributed by atoms with Gasteiger partial charge in [-0.3, -0.25) is 14.0 Å². The van der Waals surface area contributed by atoms with Crippen LogP contribution in [0.1, 0.15) is 38.4 Å². The van der Waals surface area contributed by atoms with Crippen molar-refractivity contribution in [2.75, 3.05) is 13.1 Å². The molecular weight excluding hydrogens is 420 g/mol. The number of hydrogen-bond donors (Lipinski definition) is 1. The van der Waals surface area contributed by atoms with Gasteiger partial charge in [0.05, 0.1) is 12.2 Å². The van der Waals surface area contributed by atoms with E-state index >= 15 is 0 Å². The van der Waals surface area contributed by atoms with Gasteiger partial charge in [-0.15, -0.1) is 11.3 Å². The minimum atomic E-state index is -0.175. The first-order valence-corrected chi connectivity index (χ1v) is 11.6. The molecule has 1 N–H and O–H groups in total. The number of aromatic nitrogens is 2. The van der Waals surface area contributed by atoms with Crippen LogP contribution in [0.5, 0.6) is 0 Å². The summed E-state index contributed by atoms with van der Waals surface area (Å²) in [5, 5.41) is 4.88. The quantitative estimate of drug-likeness (QED) is 0.498. The summed E-state index contributed by atoms with van der Waals surface area (Å²) in [7, 11) is 0. The zero-order valence-corrected chi connectivity index (χ0v) is 18.9. The Kier molecular flexibility index (Phi) is 5.27. The minimum Gasteiger partial charge on any atom is -0.349 e. The molecule has 1 aliphatic heterocycles. The molecule has 32 heavy (non-hydrogen) atoms. The molecule has 4 aromatic rings. The molecule has 2 aromatic carbocycles. The number of fused-ring (bicyclic) bond motifs is 1. The van der Waals surface area contributed by atoms with Gasteiger partial charge in [-0.05, 0) is 48.6 Å². The first-order valence-electron chi connectivity index (χ1n) is 10.7. The highest BCUT2D eigenvalue weighted by Crippen LogP contribution is 2.29. The third-order valence-corrected chi connectivity index (χ3v) is 7.03. The van der Waals surface area contributed by atoms with Crippen molar-refractivity contribution < 1.29 is 9.59 Å². The van der Waals surface area contributed by atoms with Crippen LogP contribution in [0.15, 0.2) is 60.2 Å². The van der Waals surface area contributed by atoms with Gasteiger partial charge in [0.25, 0.3) is 11.8 Å². The smallest absolute Gasteiger partial charge is 0.270 e. The highest BCUT2D eigenvalue weighted by molar-refractivity contribution is 7.15. The highest BCUT2D eigenvalue weighted by atomic mass is 32.1. The molecule has 1 aliphatic rings. The molecule has 1 atom stereocenters. The molecule has 0 aliphatic carbocycles. The SMILES string of the molecule is Cc1ccc(-c2ccccc2C(=O)N2CC[C@H]2CNC(=O)c2cnc3sccn23)cc1C. The van der Waals surface area contributed by atoms with Crippen molar-refractivity contribution in [1.82, 2.24) is 19.6 Å². The number of nitrogens with zero attached hydrogens (tertiary/aromatic N) is 3. The highest BCUT2D eigenvalue weighted by Gasteiger charge is 2.34. The number of amides is 2. The monoisotopic (exact) mass is 444 g/mol. The fourth-order valence-electron chi connectivity index (χ4n) is 4.10. The Labute approximate surface area is 190 Å². The molecule has 0 spiro atoms. The van der Waals surface area contributed by atoms with Gasteiger partial charge >= 0.3 is 0 Å². The van der Waals surface area contributed by atoms with E-state index in [1.807, 2.05) is 40.7 Å². The predicted octanol–water partition coefficient (Wildman–Crippen LogP) is 4.32. The van der Waals surface area contributed by atoms with Crippen molar-refractivity contribution in [3.8, 4) is 11.1 Å². The Balaban J connectivity index is 1.31. The first kappa shape index (κ1) is 20.5. The molecule has 7 heteroatoms. The molecule has 0 unspecified atom stereocenters. The van der Waals surface area contributed by atoms with Gasteiger partial charge < -0.3 is 10.2 Å². The Morgan fingerprint density at radius 2 is 2.00 bits per heavy atom. The average molecular weight is 445 g/mol. The Hall–Kier alpha value is -3.45. The molecule has 0 bridgehead atoms. The van der Waals surface area contributed by atoms with E-state index in [2.05, 4.69) is 42.3 Å². The van der Waals surface area contributed by atoms with Gasteiger partial charge in [-0.1, -0.05) is 36.4 Å². The fourth-order valence-corrected chi connectivity index (χ4v) is 4.79. The van der Waals surface area contributed by atoms with Crippen LogP contribution >= 0.6 is 11.3 Å². The van der Waals surface area contributed by atoms with Crippen LogP contribution in [0.2, 0.25) is 0 Å². The average Bonchev–Trinajstić information content (AvgIpc) is 3.39. The Morgan fingerprint density at radius 3 is 2.78 bits per heavy atom. The van der Waals surface area contributed by atoms with Gasteiger partial charge in [0.2, 0.25) is 0 Å². The van der Waals surface area contributed by atoms with Crippen molar-refractivity contribution in [2.45, 2.75) is 26.3 Å². The van der Waals surface area contributed by atoms with E-state index in [1.54, 1.807) is 10.6 Å². The number of carbonyl (C=O) groups excluding carboxylic acids is 2. The summed E-state index contributed by atoms with van der Waals surface area (Å²) < 4.78 is 1.78. The number of hydrogen-bond acceptors (Lipinski definition) is 4. The van der Waals surface area contributed by atoms with Crippen LogP contribution in [-0.4, -0.2) is 45.2 Å². The molecule has 2 amide bonds. The van der Waals surface area contributed by atoms with Crippen LogP contribution in [-0.2, 0) is 0 Å². The van der Waals surface area contributed by atoms with Crippen molar-refractivity contribution in [3.05, 3.63) is 82.6 Å². The Morgan fingerprint density at radius 1 is 1.16 bits per heavy atom. The lowest BCUT2D eigenvalue weighted by atomic mass is 9.94. The van der Waals surface area contributed by atoms with Crippen LogP contribution in [0.25, 0.3) is 16.1 Å². The topological polar surface area (TPSA) is 66.7 Å². The van der Waals surface area contributed by atoms with Crippen molar-refractivity contribution in [3.63, 3.8) is 0 Å². The van der Waals surface area contributed by atoms with Gasteiger partial charge in [0.1, 0.15) is 5.69 Å². The number of imidazole rings is 1. The minimum absolute atomic E-state index is 0.00825. The van der Waals surface area contributed by atoms with Crippen molar-refractivity contribution >= 4 is 28.1 Å². The summed E-state index contributed by atoms with van der Waals surface area (Å²) in [6.45, 7) is 5.29. The molecular formula is C25H24N4O2S. The second-order valence-corrected chi connectivity index (χ2v) is 9.07. The molecule has 6 nitrogen and oxygen atoms in total. The second kappa shape index (κ2) is 8.24. The number of carbonyl (C=O) groups is 2. The largest absolute Gasteiger partial charge is 0.349 e. The van der Waals surface area contributed by atoms with Crippen molar-refractivity contribution in [1.29, 1.82) is 0 Å². The molecule has 0 saturated carbocycles. The van der Waals surface area contributed by atoms with Gasteiger partial charge in [-0.2, -0.15) is 0 Å². The summed E-state index contributed by atoms with van der Waals surface area (Å²) in [5.74, 6) is -0.167. The van der Waals surface area contributed by atoms with Crippen LogP contribution in [0.3, 0.4) is 0 Å². The van der Waals surface area contributed by atoms with E-state index in [0.29, 0.717) is 24.3 Å². The maximum atomic E-state index is 13.4. The normalized spacial score (nSPS) is 15.6. The zero-order chi connectivity index (χ0) is 22.2. The number of rotatable bonds is 5. The number of aryl methyl sites for hydroxylation is 2. The molecule has 0 radical (unpaired) electrons. The Bertz CT molecular complexity index is 1320. The van der Waals surface area contributed by atoms with Gasteiger partial charge in [-0.25, -0.2) is 4.98 Å². The van der Waals surface area contributed by atoms with Crippen molar-refractivity contribution in [2.24, 2.45) is 0 Å². The molecule has 1 saturated heterocycles. The van der Waals surface area contributed by atoms with Crippen LogP contribution in [0.4, 0.5) is 0 Å². The summed E-state index contributed by atoms with van der Waals surface area (Å²) in [4.78, 5) is 32.9. The standard InChI is InChI=1S/C25H24N4O2S/c1-16-7-8-18(13-17(16)2)20-5-3-4-6-21(20)24(31)28-10-9-19(28)14-26-23(30)22-15-27-25-29(22)11-12-32-25/h3-8,11-13,15,19H,9-10,14H2,1-2H3,(H,26,30)/t19-/m0/s1. The number of benzene rings is 2. The molecule has 162 valence electrons. The molecule has 5 rings (SSSR count). The number of nitrogens with one attached hydrogen (secondary N) is 1. The lowest BCUT2D eigenvalue weighted by Crippen LogP contribution is -2.56. The summed E-state index contributed by atoms with van der Waals surface area (Å²) >= 11 is 1.49. The van der Waals surface area contributed by atoms with E-state index in [4.69, 9.17) is 0 Å². The lowest BCUT2D eigenvalue weighted by molar-refractivity contribution is 0.0456. The maximum Gasteiger partial charge on any atom is 0.270 e. The summed E-state index contributed by atoms with van der Waals surface area (Å²) in [5.41, 5.74) is 5.63. The van der Waals surface area contributed by atoms with E-state index in [-0.39, 0.29) is 17.9 Å². The number of likely N-dealkylation sites (tertiary alicyclic amines) is 1. The molecule has 3 heterocycles.